The van der Waals surface area contributed by atoms with Crippen LogP contribution in [0.25, 0.3) is 5.69 Å². The van der Waals surface area contributed by atoms with Crippen molar-refractivity contribution in [2.45, 2.75) is 32.7 Å². The second-order valence-corrected chi connectivity index (χ2v) is 6.84. The summed E-state index contributed by atoms with van der Waals surface area (Å²) in [6.07, 6.45) is 0.956. The van der Waals surface area contributed by atoms with Gasteiger partial charge in [-0.2, -0.15) is 5.10 Å². The molecule has 142 valence electrons. The first kappa shape index (κ1) is 18.8. The fourth-order valence-corrected chi connectivity index (χ4v) is 3.32. The summed E-state index contributed by atoms with van der Waals surface area (Å²) in [4.78, 5) is 38.0. The van der Waals surface area contributed by atoms with Gasteiger partial charge in [-0.25, -0.2) is 13.9 Å². The summed E-state index contributed by atoms with van der Waals surface area (Å²) in [5.41, 5.74) is -0.563. The number of hydrogen-bond donors (Lipinski definition) is 1. The molecule has 1 N–H and O–H groups in total. The van der Waals surface area contributed by atoms with E-state index in [9.17, 15) is 23.9 Å². The van der Waals surface area contributed by atoms with Crippen LogP contribution in [0.15, 0.2) is 35.1 Å². The Hall–Kier alpha value is -3.03. The molecule has 1 aliphatic heterocycles. The van der Waals surface area contributed by atoms with Crippen molar-refractivity contribution in [3.05, 3.63) is 57.8 Å². The van der Waals surface area contributed by atoms with Crippen molar-refractivity contribution in [2.24, 2.45) is 5.92 Å². The Morgan fingerprint density at radius 1 is 1.30 bits per heavy atom. The molecule has 7 nitrogen and oxygen atoms in total. The van der Waals surface area contributed by atoms with Gasteiger partial charge in [0.05, 0.1) is 0 Å². The number of hydrogen-bond acceptors (Lipinski definition) is 4. The molecule has 0 bridgehead atoms. The SMILES string of the molecule is Cc1cc(=O)c(C(=O)N2CCC(C)CC2C(=O)O)nn1-c1ccccc1F. The van der Waals surface area contributed by atoms with Crippen LogP contribution in [0.2, 0.25) is 0 Å². The van der Waals surface area contributed by atoms with Gasteiger partial charge in [0.2, 0.25) is 5.43 Å². The first-order valence-electron chi connectivity index (χ1n) is 8.69. The van der Waals surface area contributed by atoms with Crippen molar-refractivity contribution in [2.75, 3.05) is 6.54 Å². The largest absolute Gasteiger partial charge is 0.480 e. The third kappa shape index (κ3) is 3.60. The van der Waals surface area contributed by atoms with E-state index in [2.05, 4.69) is 5.10 Å². The standard InChI is InChI=1S/C19H20FN3O4/c1-11-7-8-22(15(9-11)19(26)27)18(25)17-16(24)10-12(2)23(21-17)14-6-4-3-5-13(14)20/h3-6,10-11,15H,7-9H2,1-2H3,(H,26,27). The number of halogens is 1. The molecule has 1 aliphatic rings. The third-order valence-corrected chi connectivity index (χ3v) is 4.80. The van der Waals surface area contributed by atoms with E-state index in [1.807, 2.05) is 6.92 Å². The van der Waals surface area contributed by atoms with Crippen molar-refractivity contribution < 1.29 is 19.1 Å². The van der Waals surface area contributed by atoms with Crippen LogP contribution in [0, 0.1) is 18.7 Å². The number of likely N-dealkylation sites (tertiary alicyclic amines) is 1. The van der Waals surface area contributed by atoms with Crippen molar-refractivity contribution in [3.8, 4) is 5.69 Å². The molecule has 1 amide bonds. The van der Waals surface area contributed by atoms with E-state index in [0.29, 0.717) is 18.5 Å². The van der Waals surface area contributed by atoms with Crippen LogP contribution >= 0.6 is 0 Å². The van der Waals surface area contributed by atoms with Crippen molar-refractivity contribution in [1.82, 2.24) is 14.7 Å². The fourth-order valence-electron chi connectivity index (χ4n) is 3.32. The lowest BCUT2D eigenvalue weighted by Gasteiger charge is -2.35. The second kappa shape index (κ2) is 7.30. The molecule has 2 aromatic rings. The summed E-state index contributed by atoms with van der Waals surface area (Å²) in [6, 6.07) is 6.07. The molecule has 3 rings (SSSR count). The molecule has 2 unspecified atom stereocenters. The first-order chi connectivity index (χ1) is 12.8. The van der Waals surface area contributed by atoms with E-state index in [1.165, 1.54) is 33.8 Å². The number of benzene rings is 1. The second-order valence-electron chi connectivity index (χ2n) is 6.84. The van der Waals surface area contributed by atoms with Gasteiger partial charge in [0, 0.05) is 18.3 Å². The van der Waals surface area contributed by atoms with Crippen molar-refractivity contribution in [1.29, 1.82) is 0 Å². The third-order valence-electron chi connectivity index (χ3n) is 4.80. The predicted octanol–water partition coefficient (Wildman–Crippen LogP) is 2.01. The van der Waals surface area contributed by atoms with Crippen molar-refractivity contribution >= 4 is 11.9 Å². The maximum absolute atomic E-state index is 14.1. The highest BCUT2D eigenvalue weighted by Crippen LogP contribution is 2.24. The quantitative estimate of drug-likeness (QED) is 0.888. The lowest BCUT2D eigenvalue weighted by atomic mass is 9.92. The summed E-state index contributed by atoms with van der Waals surface area (Å²) < 4.78 is 15.3. The molecule has 0 radical (unpaired) electrons. The molecule has 1 aromatic carbocycles. The Labute approximate surface area is 155 Å². The number of rotatable bonds is 3. The number of carboxylic acids is 1. The van der Waals surface area contributed by atoms with Crippen LogP contribution in [0.3, 0.4) is 0 Å². The minimum absolute atomic E-state index is 0.103. The van der Waals surface area contributed by atoms with E-state index in [1.54, 1.807) is 13.0 Å². The number of carboxylic acid groups (broad SMARTS) is 1. The molecule has 1 aromatic heterocycles. The molecule has 0 saturated carbocycles. The smallest absolute Gasteiger partial charge is 0.326 e. The van der Waals surface area contributed by atoms with Crippen LogP contribution in [0.1, 0.15) is 35.9 Å². The zero-order valence-corrected chi connectivity index (χ0v) is 15.1. The average molecular weight is 373 g/mol. The number of aryl methyl sites for hydroxylation is 1. The molecule has 1 saturated heterocycles. The van der Waals surface area contributed by atoms with Gasteiger partial charge < -0.3 is 10.0 Å². The van der Waals surface area contributed by atoms with Gasteiger partial charge in [-0.3, -0.25) is 9.59 Å². The summed E-state index contributed by atoms with van der Waals surface area (Å²) in [5, 5.41) is 13.5. The zero-order chi connectivity index (χ0) is 19.7. The van der Waals surface area contributed by atoms with Crippen molar-refractivity contribution in [3.63, 3.8) is 0 Å². The summed E-state index contributed by atoms with van der Waals surface area (Å²) in [7, 11) is 0. The Morgan fingerprint density at radius 2 is 2.00 bits per heavy atom. The molecule has 8 heteroatoms. The number of carbonyl (C=O) groups excluding carboxylic acids is 1. The Morgan fingerprint density at radius 3 is 2.67 bits per heavy atom. The van der Waals surface area contributed by atoms with Crippen LogP contribution < -0.4 is 5.43 Å². The predicted molar refractivity (Wildman–Crippen MR) is 95.4 cm³/mol. The van der Waals surface area contributed by atoms with Gasteiger partial charge in [0.25, 0.3) is 5.91 Å². The van der Waals surface area contributed by atoms with Gasteiger partial charge in [-0.05, 0) is 37.8 Å². The Bertz CT molecular complexity index is 956. The van der Waals surface area contributed by atoms with E-state index in [4.69, 9.17) is 0 Å². The molecule has 1 fully saturated rings. The molecule has 0 aliphatic carbocycles. The maximum atomic E-state index is 14.1. The molecular weight excluding hydrogens is 353 g/mol. The fraction of sp³-hybridized carbons (Fsp3) is 0.368. The zero-order valence-electron chi connectivity index (χ0n) is 15.1. The van der Waals surface area contributed by atoms with Crippen LogP contribution in [-0.2, 0) is 4.79 Å². The van der Waals surface area contributed by atoms with Gasteiger partial charge in [-0.15, -0.1) is 0 Å². The van der Waals surface area contributed by atoms with E-state index >= 15 is 0 Å². The topological polar surface area (TPSA) is 92.5 Å². The van der Waals surface area contributed by atoms with E-state index in [-0.39, 0.29) is 18.2 Å². The average Bonchev–Trinajstić information content (AvgIpc) is 2.62. The number of piperidine rings is 1. The van der Waals surface area contributed by atoms with E-state index in [0.717, 1.165) is 0 Å². The molecular formula is C19H20FN3O4. The van der Waals surface area contributed by atoms with Crippen LogP contribution in [0.4, 0.5) is 4.39 Å². The summed E-state index contributed by atoms with van der Waals surface area (Å²) in [6.45, 7) is 3.73. The molecule has 0 spiro atoms. The first-order valence-corrected chi connectivity index (χ1v) is 8.69. The summed E-state index contributed by atoms with van der Waals surface area (Å²) >= 11 is 0. The molecule has 27 heavy (non-hydrogen) atoms. The van der Waals surface area contributed by atoms with Crippen LogP contribution in [0.5, 0.6) is 0 Å². The minimum atomic E-state index is -1.11. The number of para-hydroxylation sites is 1. The monoisotopic (exact) mass is 373 g/mol. The highest BCUT2D eigenvalue weighted by molar-refractivity contribution is 5.95. The lowest BCUT2D eigenvalue weighted by molar-refractivity contribution is -0.144. The number of nitrogens with zero attached hydrogens (tertiary/aromatic N) is 3. The number of aromatic nitrogens is 2. The number of aliphatic carboxylic acids is 1. The van der Waals surface area contributed by atoms with Gasteiger partial charge in [0.1, 0.15) is 17.5 Å². The van der Waals surface area contributed by atoms with Gasteiger partial charge >= 0.3 is 5.97 Å². The highest BCUT2D eigenvalue weighted by atomic mass is 19.1. The molecule has 2 heterocycles. The van der Waals surface area contributed by atoms with Gasteiger partial charge in [0.15, 0.2) is 5.69 Å². The van der Waals surface area contributed by atoms with Gasteiger partial charge in [-0.1, -0.05) is 19.1 Å². The Kier molecular flexibility index (Phi) is 5.07. The summed E-state index contributed by atoms with van der Waals surface area (Å²) in [5.74, 6) is -2.25. The van der Waals surface area contributed by atoms with Crippen LogP contribution in [-0.4, -0.2) is 44.3 Å². The maximum Gasteiger partial charge on any atom is 0.326 e. The Balaban J connectivity index is 2.05. The lowest BCUT2D eigenvalue weighted by Crippen LogP contribution is -2.51. The number of amides is 1. The number of carbonyl (C=O) groups is 2. The molecule has 2 atom stereocenters. The highest BCUT2D eigenvalue weighted by Gasteiger charge is 2.36. The van der Waals surface area contributed by atoms with E-state index < -0.39 is 34.9 Å². The normalized spacial score (nSPS) is 19.7. The minimum Gasteiger partial charge on any atom is -0.480 e.